The summed E-state index contributed by atoms with van der Waals surface area (Å²) in [5, 5.41) is 13.5. The molecule has 1 aromatic heterocycles. The van der Waals surface area contributed by atoms with E-state index in [0.717, 1.165) is 6.26 Å². The Bertz CT molecular complexity index is 524. The van der Waals surface area contributed by atoms with Crippen LogP contribution in [-0.4, -0.2) is 42.2 Å². The average molecular weight is 277 g/mol. The first-order valence-corrected chi connectivity index (χ1v) is 7.04. The van der Waals surface area contributed by atoms with Gasteiger partial charge in [0.05, 0.1) is 6.26 Å². The molecule has 0 aliphatic heterocycles. The van der Waals surface area contributed by atoms with E-state index >= 15 is 0 Å². The van der Waals surface area contributed by atoms with Gasteiger partial charge in [0, 0.05) is 20.1 Å². The Labute approximate surface area is 104 Å². The molecular formula is C8H15N5O4S. The normalized spacial score (nSPS) is 11.4. The lowest BCUT2D eigenvalue weighted by Gasteiger charge is -2.06. The maximum Gasteiger partial charge on any atom is 0.406 e. The zero-order valence-corrected chi connectivity index (χ0v) is 10.9. The first-order valence-electron chi connectivity index (χ1n) is 5.15. The second kappa shape index (κ2) is 5.78. The van der Waals surface area contributed by atoms with E-state index in [0.29, 0.717) is 18.8 Å². The summed E-state index contributed by atoms with van der Waals surface area (Å²) in [5.74, 6) is 0.0629. The highest BCUT2D eigenvalue weighted by atomic mass is 32.2. The lowest BCUT2D eigenvalue weighted by Crippen LogP contribution is -2.24. The first kappa shape index (κ1) is 14.4. The molecular weight excluding hydrogens is 262 g/mol. The van der Waals surface area contributed by atoms with Crippen LogP contribution in [-0.2, 0) is 17.1 Å². The summed E-state index contributed by atoms with van der Waals surface area (Å²) in [7, 11) is -1.56. The predicted octanol–water partition coefficient (Wildman–Crippen LogP) is -0.320. The largest absolute Gasteiger partial charge is 0.406 e. The van der Waals surface area contributed by atoms with Gasteiger partial charge in [0.25, 0.3) is 0 Å². The minimum absolute atomic E-state index is 0.242. The third kappa shape index (κ3) is 4.30. The van der Waals surface area contributed by atoms with Gasteiger partial charge in [-0.1, -0.05) is 0 Å². The molecule has 2 N–H and O–H groups in total. The Balaban J connectivity index is 2.45. The minimum atomic E-state index is -3.19. The van der Waals surface area contributed by atoms with Crippen molar-refractivity contribution < 1.29 is 13.3 Å². The summed E-state index contributed by atoms with van der Waals surface area (Å²) in [4.78, 5) is 13.7. The fourth-order valence-electron chi connectivity index (χ4n) is 1.31. The van der Waals surface area contributed by atoms with Crippen LogP contribution >= 0.6 is 0 Å². The van der Waals surface area contributed by atoms with Crippen molar-refractivity contribution in [2.45, 2.75) is 6.42 Å². The Morgan fingerprint density at radius 1 is 1.50 bits per heavy atom. The van der Waals surface area contributed by atoms with Crippen LogP contribution in [0.25, 0.3) is 0 Å². The Kier molecular flexibility index (Phi) is 4.62. The van der Waals surface area contributed by atoms with Crippen LogP contribution in [0.3, 0.4) is 0 Å². The quantitative estimate of drug-likeness (QED) is 0.400. The second-order valence-corrected chi connectivity index (χ2v) is 5.56. The van der Waals surface area contributed by atoms with Gasteiger partial charge in [-0.2, -0.15) is 0 Å². The summed E-state index contributed by atoms with van der Waals surface area (Å²) in [5.41, 5.74) is 0. The first-order chi connectivity index (χ1) is 8.31. The topological polar surface area (TPSA) is 119 Å². The third-order valence-corrected chi connectivity index (χ3v) is 2.83. The maximum atomic E-state index is 10.8. The third-order valence-electron chi connectivity index (χ3n) is 2.10. The van der Waals surface area contributed by atoms with Gasteiger partial charge in [0.2, 0.25) is 22.2 Å². The zero-order valence-electron chi connectivity index (χ0n) is 10.1. The summed E-state index contributed by atoms with van der Waals surface area (Å²) in [6, 6.07) is 0. The fourth-order valence-corrected chi connectivity index (χ4v) is 1.82. The monoisotopic (exact) mass is 277 g/mol. The van der Waals surface area contributed by atoms with Crippen LogP contribution in [0.1, 0.15) is 6.42 Å². The fraction of sp³-hybridized carbons (Fsp3) is 0.625. The molecule has 0 aromatic carbocycles. The lowest BCUT2D eigenvalue weighted by molar-refractivity contribution is -0.388. The molecule has 1 rings (SSSR count). The number of nitro groups is 1. The van der Waals surface area contributed by atoms with E-state index < -0.39 is 14.9 Å². The van der Waals surface area contributed by atoms with Crippen molar-refractivity contribution >= 4 is 21.7 Å². The molecule has 0 saturated carbocycles. The number of sulfonamides is 1. The Morgan fingerprint density at radius 3 is 2.72 bits per heavy atom. The SMILES string of the molecule is Cn1cnc([N+](=O)[O-])c1NCCCNS(C)(=O)=O. The van der Waals surface area contributed by atoms with Crippen molar-refractivity contribution in [2.24, 2.45) is 7.05 Å². The van der Waals surface area contributed by atoms with Crippen molar-refractivity contribution in [3.8, 4) is 0 Å². The lowest BCUT2D eigenvalue weighted by atomic mass is 10.4. The summed E-state index contributed by atoms with van der Waals surface area (Å²) < 4.78 is 25.4. The number of anilines is 1. The van der Waals surface area contributed by atoms with Gasteiger partial charge >= 0.3 is 5.82 Å². The number of rotatable bonds is 7. The van der Waals surface area contributed by atoms with E-state index in [1.165, 1.54) is 10.9 Å². The standard InChI is InChI=1S/C8H15N5O4S/c1-12-6-10-8(13(14)15)7(12)9-4-3-5-11-18(2,16)17/h6,9,11H,3-5H2,1-2H3. The molecule has 0 unspecified atom stereocenters. The molecule has 0 saturated heterocycles. The van der Waals surface area contributed by atoms with Crippen LogP contribution in [0.5, 0.6) is 0 Å². The number of imidazole rings is 1. The molecule has 0 aliphatic carbocycles. The molecule has 10 heteroatoms. The highest BCUT2D eigenvalue weighted by Crippen LogP contribution is 2.20. The molecule has 9 nitrogen and oxygen atoms in total. The number of hydrogen-bond donors (Lipinski definition) is 2. The number of aryl methyl sites for hydroxylation is 1. The van der Waals surface area contributed by atoms with Crippen LogP contribution < -0.4 is 10.0 Å². The van der Waals surface area contributed by atoms with Gasteiger partial charge in [0.1, 0.15) is 0 Å². The number of nitrogens with one attached hydrogen (secondary N) is 2. The maximum absolute atomic E-state index is 10.8. The van der Waals surface area contributed by atoms with Crippen LogP contribution in [0, 0.1) is 10.1 Å². The molecule has 0 amide bonds. The van der Waals surface area contributed by atoms with Crippen LogP contribution in [0.4, 0.5) is 11.6 Å². The molecule has 0 radical (unpaired) electrons. The van der Waals surface area contributed by atoms with Gasteiger partial charge in [-0.15, -0.1) is 0 Å². The molecule has 0 bridgehead atoms. The van der Waals surface area contributed by atoms with E-state index in [2.05, 4.69) is 15.0 Å². The number of nitrogens with zero attached hydrogens (tertiary/aromatic N) is 3. The highest BCUT2D eigenvalue weighted by molar-refractivity contribution is 7.88. The van der Waals surface area contributed by atoms with E-state index in [1.54, 1.807) is 7.05 Å². The highest BCUT2D eigenvalue weighted by Gasteiger charge is 2.19. The summed E-state index contributed by atoms with van der Waals surface area (Å²) >= 11 is 0. The van der Waals surface area contributed by atoms with Gasteiger partial charge in [-0.25, -0.2) is 13.1 Å². The van der Waals surface area contributed by atoms with Crippen LogP contribution in [0.2, 0.25) is 0 Å². The Hall–Kier alpha value is -1.68. The molecule has 1 heterocycles. The number of hydrogen-bond acceptors (Lipinski definition) is 6. The average Bonchev–Trinajstić information content (AvgIpc) is 2.58. The van der Waals surface area contributed by atoms with Crippen molar-refractivity contribution in [1.29, 1.82) is 0 Å². The van der Waals surface area contributed by atoms with E-state index in [4.69, 9.17) is 0 Å². The van der Waals surface area contributed by atoms with Gasteiger partial charge in [-0.05, 0) is 16.3 Å². The van der Waals surface area contributed by atoms with Crippen molar-refractivity contribution in [3.05, 3.63) is 16.4 Å². The minimum Gasteiger partial charge on any atom is -0.364 e. The second-order valence-electron chi connectivity index (χ2n) is 3.73. The molecule has 1 aromatic rings. The zero-order chi connectivity index (χ0) is 13.8. The van der Waals surface area contributed by atoms with E-state index in [9.17, 15) is 18.5 Å². The van der Waals surface area contributed by atoms with Crippen molar-refractivity contribution in [1.82, 2.24) is 14.3 Å². The van der Waals surface area contributed by atoms with Gasteiger partial charge in [0.15, 0.2) is 0 Å². The molecule has 18 heavy (non-hydrogen) atoms. The molecule has 0 spiro atoms. The summed E-state index contributed by atoms with van der Waals surface area (Å²) in [6.07, 6.45) is 2.93. The molecule has 0 fully saturated rings. The van der Waals surface area contributed by atoms with Gasteiger partial charge in [-0.3, -0.25) is 4.57 Å². The van der Waals surface area contributed by atoms with E-state index in [1.807, 2.05) is 0 Å². The van der Waals surface area contributed by atoms with Crippen molar-refractivity contribution in [2.75, 3.05) is 24.7 Å². The van der Waals surface area contributed by atoms with E-state index in [-0.39, 0.29) is 12.4 Å². The molecule has 0 atom stereocenters. The smallest absolute Gasteiger partial charge is 0.364 e. The van der Waals surface area contributed by atoms with Gasteiger partial charge < -0.3 is 15.4 Å². The predicted molar refractivity (Wildman–Crippen MR) is 65.8 cm³/mol. The molecule has 0 aliphatic rings. The Morgan fingerprint density at radius 2 is 2.17 bits per heavy atom. The molecule has 102 valence electrons. The summed E-state index contributed by atoms with van der Waals surface area (Å²) in [6.45, 7) is 0.681. The number of aromatic nitrogens is 2. The van der Waals surface area contributed by atoms with Crippen LogP contribution in [0.15, 0.2) is 6.33 Å². The van der Waals surface area contributed by atoms with Crippen molar-refractivity contribution in [3.63, 3.8) is 0 Å².